The van der Waals surface area contributed by atoms with Gasteiger partial charge in [-0.2, -0.15) is 0 Å². The maximum atomic E-state index is 5.42. The van der Waals surface area contributed by atoms with Crippen LogP contribution in [0, 0.1) is 0 Å². The van der Waals surface area contributed by atoms with Crippen molar-refractivity contribution in [3.8, 4) is 0 Å². The predicted molar refractivity (Wildman–Crippen MR) is 173 cm³/mol. The smallest absolute Gasteiger partial charge is 0.657 e. The Bertz CT molecular complexity index is 1420. The van der Waals surface area contributed by atoms with Crippen molar-refractivity contribution in [1.29, 1.82) is 0 Å². The standard InChI is InChI=1S/C36H28NP2.Li/c1-5-17-29(18-6-1)38(30-19-7-2-8-20-30)35-27-15-13-25-33(35)37-34-26-14-16-28-36(34)39(31-21-9-3-10-22-31)32-23-11-4-12-24-32;/h1-28H;/q-1;+1. The third-order valence-corrected chi connectivity index (χ3v) is 11.5. The maximum absolute atomic E-state index is 5.42. The monoisotopic (exact) mass is 543 g/mol. The molecule has 40 heavy (non-hydrogen) atoms. The molecule has 0 aliphatic rings. The number of para-hydroxylation sites is 2. The molecular weight excluding hydrogens is 515 g/mol. The van der Waals surface area contributed by atoms with Crippen LogP contribution in [-0.2, 0) is 0 Å². The van der Waals surface area contributed by atoms with E-state index in [2.05, 4.69) is 170 Å². The normalized spacial score (nSPS) is 10.8. The Morgan fingerprint density at radius 2 is 0.550 bits per heavy atom. The molecule has 0 fully saturated rings. The van der Waals surface area contributed by atoms with E-state index in [1.807, 2.05) is 0 Å². The average molecular weight is 544 g/mol. The van der Waals surface area contributed by atoms with Crippen molar-refractivity contribution in [3.63, 3.8) is 0 Å². The first-order valence-corrected chi connectivity index (χ1v) is 15.8. The van der Waals surface area contributed by atoms with Crippen molar-refractivity contribution in [2.45, 2.75) is 0 Å². The van der Waals surface area contributed by atoms with Gasteiger partial charge in [-0.05, 0) is 47.7 Å². The van der Waals surface area contributed by atoms with E-state index in [1.165, 1.54) is 31.8 Å². The molecule has 6 aromatic carbocycles. The Morgan fingerprint density at radius 1 is 0.300 bits per heavy atom. The van der Waals surface area contributed by atoms with E-state index in [-0.39, 0.29) is 18.9 Å². The SMILES string of the molecule is [Li+].c1ccc(P(c2ccccc2)c2ccccc2[N-]c2ccccc2P(c2ccccc2)c2ccccc2)cc1. The Labute approximate surface area is 252 Å². The quantitative estimate of drug-likeness (QED) is 0.198. The predicted octanol–water partition coefficient (Wildman–Crippen LogP) is 4.54. The number of benzene rings is 6. The molecule has 0 amide bonds. The van der Waals surface area contributed by atoms with Gasteiger partial charge in [0.15, 0.2) is 0 Å². The average Bonchev–Trinajstić information content (AvgIpc) is 3.01. The molecule has 1 nitrogen and oxygen atoms in total. The van der Waals surface area contributed by atoms with Crippen LogP contribution in [0.1, 0.15) is 0 Å². The molecule has 0 spiro atoms. The molecule has 0 saturated carbocycles. The summed E-state index contributed by atoms with van der Waals surface area (Å²) < 4.78 is 0. The summed E-state index contributed by atoms with van der Waals surface area (Å²) in [7, 11) is -1.53. The van der Waals surface area contributed by atoms with E-state index in [0.717, 1.165) is 11.4 Å². The van der Waals surface area contributed by atoms with Gasteiger partial charge >= 0.3 is 18.9 Å². The van der Waals surface area contributed by atoms with Gasteiger partial charge in [-0.15, -0.1) is 11.4 Å². The molecule has 0 aliphatic heterocycles. The van der Waals surface area contributed by atoms with Crippen molar-refractivity contribution in [2.75, 3.05) is 0 Å². The maximum Gasteiger partial charge on any atom is 1.00 e. The summed E-state index contributed by atoms with van der Waals surface area (Å²) in [5, 5.41) is 13.2. The van der Waals surface area contributed by atoms with Gasteiger partial charge in [0.2, 0.25) is 0 Å². The molecule has 0 N–H and O–H groups in total. The van der Waals surface area contributed by atoms with Gasteiger partial charge in [0, 0.05) is 0 Å². The van der Waals surface area contributed by atoms with Crippen LogP contribution in [0.2, 0.25) is 0 Å². The van der Waals surface area contributed by atoms with Crippen molar-refractivity contribution in [2.24, 2.45) is 0 Å². The first kappa shape index (κ1) is 28.1. The summed E-state index contributed by atoms with van der Waals surface area (Å²) in [4.78, 5) is 0. The molecule has 0 saturated heterocycles. The molecule has 0 radical (unpaired) electrons. The number of hydrogen-bond acceptors (Lipinski definition) is 0. The zero-order chi connectivity index (χ0) is 26.3. The first-order chi connectivity index (χ1) is 19.4. The second kappa shape index (κ2) is 13.8. The second-order valence-electron chi connectivity index (χ2n) is 9.10. The van der Waals surface area contributed by atoms with Gasteiger partial charge < -0.3 is 5.32 Å². The fourth-order valence-corrected chi connectivity index (χ4v) is 9.56. The summed E-state index contributed by atoms with van der Waals surface area (Å²) >= 11 is 0. The molecule has 0 aliphatic carbocycles. The molecule has 0 atom stereocenters. The van der Waals surface area contributed by atoms with E-state index >= 15 is 0 Å². The van der Waals surface area contributed by atoms with Crippen LogP contribution in [0.25, 0.3) is 5.32 Å². The third kappa shape index (κ3) is 6.31. The number of nitrogens with zero attached hydrogens (tertiary/aromatic N) is 1. The molecule has 0 unspecified atom stereocenters. The second-order valence-corrected chi connectivity index (χ2v) is 13.5. The van der Waals surface area contributed by atoms with Crippen LogP contribution in [0.5, 0.6) is 0 Å². The van der Waals surface area contributed by atoms with Gasteiger partial charge in [0.25, 0.3) is 0 Å². The Morgan fingerprint density at radius 3 is 0.850 bits per heavy atom. The summed E-state index contributed by atoms with van der Waals surface area (Å²) in [6, 6.07) is 60.7. The van der Waals surface area contributed by atoms with Crippen LogP contribution in [-0.4, -0.2) is 0 Å². The Balaban J connectivity index is 0.00000323. The van der Waals surface area contributed by atoms with E-state index < -0.39 is 15.8 Å². The largest absolute Gasteiger partial charge is 1.00 e. The summed E-state index contributed by atoms with van der Waals surface area (Å²) in [6.45, 7) is 0. The number of rotatable bonds is 8. The molecule has 0 aromatic heterocycles. The van der Waals surface area contributed by atoms with Crippen LogP contribution in [0.15, 0.2) is 170 Å². The zero-order valence-corrected chi connectivity index (χ0v) is 24.3. The van der Waals surface area contributed by atoms with Gasteiger partial charge in [0.1, 0.15) is 0 Å². The van der Waals surface area contributed by atoms with E-state index in [4.69, 9.17) is 5.32 Å². The van der Waals surface area contributed by atoms with E-state index in [0.29, 0.717) is 0 Å². The molecular formula is C36H28LiNP2. The van der Waals surface area contributed by atoms with Crippen LogP contribution >= 0.6 is 15.8 Å². The van der Waals surface area contributed by atoms with E-state index in [1.54, 1.807) is 0 Å². The molecule has 0 bridgehead atoms. The van der Waals surface area contributed by atoms with Gasteiger partial charge in [-0.1, -0.05) is 170 Å². The number of hydrogen-bond donors (Lipinski definition) is 0. The molecule has 0 heterocycles. The van der Waals surface area contributed by atoms with Crippen molar-refractivity contribution >= 4 is 59.0 Å². The van der Waals surface area contributed by atoms with Gasteiger partial charge in [0.05, 0.1) is 0 Å². The zero-order valence-electron chi connectivity index (χ0n) is 22.5. The topological polar surface area (TPSA) is 14.1 Å². The van der Waals surface area contributed by atoms with Crippen molar-refractivity contribution in [3.05, 3.63) is 175 Å². The fraction of sp³-hybridized carbons (Fsp3) is 0. The van der Waals surface area contributed by atoms with E-state index in [9.17, 15) is 0 Å². The van der Waals surface area contributed by atoms with Crippen LogP contribution < -0.4 is 50.7 Å². The van der Waals surface area contributed by atoms with Gasteiger partial charge in [-0.25, -0.2) is 0 Å². The third-order valence-electron chi connectivity index (χ3n) is 6.54. The van der Waals surface area contributed by atoms with Crippen LogP contribution in [0.4, 0.5) is 11.4 Å². The Hall–Kier alpha value is -3.42. The first-order valence-electron chi connectivity index (χ1n) is 13.1. The minimum atomic E-state index is -0.764. The molecule has 6 aromatic rings. The summed E-state index contributed by atoms with van der Waals surface area (Å²) in [6.07, 6.45) is 0. The summed E-state index contributed by atoms with van der Waals surface area (Å²) in [5.74, 6) is 0. The fourth-order valence-electron chi connectivity index (χ4n) is 4.79. The van der Waals surface area contributed by atoms with Crippen LogP contribution in [0.3, 0.4) is 0 Å². The molecule has 4 heteroatoms. The van der Waals surface area contributed by atoms with Gasteiger partial charge in [-0.3, -0.25) is 0 Å². The molecule has 188 valence electrons. The van der Waals surface area contributed by atoms with Crippen molar-refractivity contribution < 1.29 is 18.9 Å². The minimum Gasteiger partial charge on any atom is -0.657 e. The minimum absolute atomic E-state index is 0. The molecule has 6 rings (SSSR count). The van der Waals surface area contributed by atoms with Crippen molar-refractivity contribution in [1.82, 2.24) is 0 Å². The Kier molecular flexibility index (Phi) is 9.68. The summed E-state index contributed by atoms with van der Waals surface area (Å²) in [5.41, 5.74) is 2.06.